The zero-order valence-corrected chi connectivity index (χ0v) is 12.3. The Balaban J connectivity index is 2.74. The quantitative estimate of drug-likeness (QED) is 0.645. The van der Waals surface area contributed by atoms with Crippen LogP contribution in [-0.2, 0) is 11.3 Å². The summed E-state index contributed by atoms with van der Waals surface area (Å²) in [4.78, 5) is 23.6. The molecule has 20 heavy (non-hydrogen) atoms. The lowest BCUT2D eigenvalue weighted by Crippen LogP contribution is -2.28. The molecule has 0 spiro atoms. The van der Waals surface area contributed by atoms with Gasteiger partial charge in [-0.2, -0.15) is 0 Å². The van der Waals surface area contributed by atoms with Crippen LogP contribution >= 0.6 is 11.6 Å². The van der Waals surface area contributed by atoms with Gasteiger partial charge in [0.25, 0.3) is 5.69 Å². The number of nitrogens with two attached hydrogens (primary N) is 1. The van der Waals surface area contributed by atoms with E-state index in [1.54, 1.807) is 7.05 Å². The van der Waals surface area contributed by atoms with Gasteiger partial charge in [-0.3, -0.25) is 14.9 Å². The molecule has 0 aliphatic heterocycles. The van der Waals surface area contributed by atoms with E-state index in [0.29, 0.717) is 23.4 Å². The van der Waals surface area contributed by atoms with Gasteiger partial charge < -0.3 is 10.6 Å². The highest BCUT2D eigenvalue weighted by molar-refractivity contribution is 6.31. The van der Waals surface area contributed by atoms with Crippen LogP contribution in [0.5, 0.6) is 0 Å². The van der Waals surface area contributed by atoms with Crippen LogP contribution in [0.25, 0.3) is 0 Å². The van der Waals surface area contributed by atoms with E-state index in [1.807, 2.05) is 6.92 Å². The summed E-state index contributed by atoms with van der Waals surface area (Å²) < 4.78 is 0. The summed E-state index contributed by atoms with van der Waals surface area (Å²) >= 11 is 6.00. The van der Waals surface area contributed by atoms with Gasteiger partial charge in [0.2, 0.25) is 5.91 Å². The van der Waals surface area contributed by atoms with Gasteiger partial charge in [-0.1, -0.05) is 11.6 Å². The average Bonchev–Trinajstić information content (AvgIpc) is 2.37. The minimum absolute atomic E-state index is 0.0336. The van der Waals surface area contributed by atoms with Crippen molar-refractivity contribution in [2.24, 2.45) is 5.73 Å². The molecule has 0 aliphatic carbocycles. The minimum Gasteiger partial charge on any atom is -0.341 e. The van der Waals surface area contributed by atoms with E-state index in [4.69, 9.17) is 17.3 Å². The first kappa shape index (κ1) is 16.4. The molecule has 1 aromatic carbocycles. The zero-order chi connectivity index (χ0) is 15.3. The molecule has 1 aromatic rings. The second kappa shape index (κ2) is 7.21. The molecule has 0 fully saturated rings. The standard InChI is InChI=1S/C13H18ClN3O3/c1-9(15)3-6-13(18)16(2)8-10-7-11(17(19)20)4-5-12(10)14/h4-5,7,9H,3,6,8,15H2,1-2H3. The predicted molar refractivity (Wildman–Crippen MR) is 77.5 cm³/mol. The van der Waals surface area contributed by atoms with E-state index >= 15 is 0 Å². The number of halogens is 1. The van der Waals surface area contributed by atoms with Crippen molar-refractivity contribution in [3.05, 3.63) is 38.9 Å². The molecule has 6 nitrogen and oxygen atoms in total. The van der Waals surface area contributed by atoms with Crippen molar-refractivity contribution >= 4 is 23.2 Å². The van der Waals surface area contributed by atoms with Crippen LogP contribution in [0.4, 0.5) is 5.69 Å². The summed E-state index contributed by atoms with van der Waals surface area (Å²) in [5.41, 5.74) is 6.12. The second-order valence-corrected chi connectivity index (χ2v) is 5.21. The highest BCUT2D eigenvalue weighted by Crippen LogP contribution is 2.23. The number of carbonyl (C=O) groups is 1. The van der Waals surface area contributed by atoms with E-state index in [0.717, 1.165) is 0 Å². The lowest BCUT2D eigenvalue weighted by atomic mass is 10.1. The topological polar surface area (TPSA) is 89.5 Å². The van der Waals surface area contributed by atoms with Gasteiger partial charge in [-0.15, -0.1) is 0 Å². The predicted octanol–water partition coefficient (Wildman–Crippen LogP) is 2.33. The number of nitro benzene ring substituents is 1. The molecule has 2 N–H and O–H groups in total. The average molecular weight is 300 g/mol. The van der Waals surface area contributed by atoms with Crippen LogP contribution in [0, 0.1) is 10.1 Å². The van der Waals surface area contributed by atoms with E-state index in [2.05, 4.69) is 0 Å². The van der Waals surface area contributed by atoms with Crippen LogP contribution < -0.4 is 5.73 Å². The summed E-state index contributed by atoms with van der Waals surface area (Å²) in [5.74, 6) is -0.0649. The van der Waals surface area contributed by atoms with Crippen molar-refractivity contribution in [2.45, 2.75) is 32.4 Å². The third-order valence-electron chi connectivity index (χ3n) is 2.89. The smallest absolute Gasteiger partial charge is 0.269 e. The Hall–Kier alpha value is -1.66. The Labute approximate surface area is 122 Å². The molecule has 1 atom stereocenters. The van der Waals surface area contributed by atoms with Crippen LogP contribution in [0.3, 0.4) is 0 Å². The Morgan fingerprint density at radius 1 is 1.55 bits per heavy atom. The van der Waals surface area contributed by atoms with Crippen LogP contribution in [-0.4, -0.2) is 28.8 Å². The number of hydrogen-bond acceptors (Lipinski definition) is 4. The number of benzene rings is 1. The van der Waals surface area contributed by atoms with Gasteiger partial charge in [-0.25, -0.2) is 0 Å². The fourth-order valence-electron chi connectivity index (χ4n) is 1.68. The van der Waals surface area contributed by atoms with Crippen molar-refractivity contribution in [1.82, 2.24) is 4.90 Å². The van der Waals surface area contributed by atoms with Gasteiger partial charge >= 0.3 is 0 Å². The minimum atomic E-state index is -0.488. The first-order valence-electron chi connectivity index (χ1n) is 6.23. The van der Waals surface area contributed by atoms with Gasteiger partial charge in [-0.05, 0) is 25.0 Å². The molecular weight excluding hydrogens is 282 g/mol. The van der Waals surface area contributed by atoms with E-state index in [-0.39, 0.29) is 24.2 Å². The third-order valence-corrected chi connectivity index (χ3v) is 3.26. The highest BCUT2D eigenvalue weighted by Gasteiger charge is 2.14. The fraction of sp³-hybridized carbons (Fsp3) is 0.462. The zero-order valence-electron chi connectivity index (χ0n) is 11.5. The molecule has 7 heteroatoms. The molecule has 0 aromatic heterocycles. The summed E-state index contributed by atoms with van der Waals surface area (Å²) in [6, 6.07) is 4.16. The Kier molecular flexibility index (Phi) is 5.91. The molecule has 1 unspecified atom stereocenters. The summed E-state index contributed by atoms with van der Waals surface area (Å²) in [5, 5.41) is 11.1. The first-order chi connectivity index (χ1) is 9.31. The summed E-state index contributed by atoms with van der Waals surface area (Å²) in [6.07, 6.45) is 0.951. The highest BCUT2D eigenvalue weighted by atomic mass is 35.5. The molecule has 0 saturated heterocycles. The van der Waals surface area contributed by atoms with Gasteiger partial charge in [0, 0.05) is 43.2 Å². The molecule has 1 amide bonds. The van der Waals surface area contributed by atoms with Crippen LogP contribution in [0.15, 0.2) is 18.2 Å². The van der Waals surface area contributed by atoms with Crippen molar-refractivity contribution in [3.8, 4) is 0 Å². The largest absolute Gasteiger partial charge is 0.341 e. The molecule has 0 aliphatic rings. The number of nitrogens with zero attached hydrogens (tertiary/aromatic N) is 2. The number of carbonyl (C=O) groups excluding carboxylic acids is 1. The van der Waals surface area contributed by atoms with Crippen molar-refractivity contribution in [1.29, 1.82) is 0 Å². The molecule has 0 saturated carbocycles. The number of amides is 1. The van der Waals surface area contributed by atoms with Crippen LogP contribution in [0.2, 0.25) is 5.02 Å². The summed E-state index contributed by atoms with van der Waals surface area (Å²) in [6.45, 7) is 2.07. The maximum Gasteiger partial charge on any atom is 0.269 e. The number of hydrogen-bond donors (Lipinski definition) is 1. The SMILES string of the molecule is CC(N)CCC(=O)N(C)Cc1cc([N+](=O)[O-])ccc1Cl. The fourth-order valence-corrected chi connectivity index (χ4v) is 1.86. The van der Waals surface area contributed by atoms with Crippen molar-refractivity contribution in [3.63, 3.8) is 0 Å². The number of nitro groups is 1. The lowest BCUT2D eigenvalue weighted by molar-refractivity contribution is -0.384. The Morgan fingerprint density at radius 2 is 2.20 bits per heavy atom. The van der Waals surface area contributed by atoms with E-state index in [1.165, 1.54) is 23.1 Å². The number of rotatable bonds is 6. The Bertz CT molecular complexity index is 506. The van der Waals surface area contributed by atoms with Gasteiger partial charge in [0.15, 0.2) is 0 Å². The normalized spacial score (nSPS) is 12.0. The van der Waals surface area contributed by atoms with Gasteiger partial charge in [0.1, 0.15) is 0 Å². The maximum absolute atomic E-state index is 11.9. The molecule has 1 rings (SSSR count). The molecule has 0 heterocycles. The van der Waals surface area contributed by atoms with E-state index in [9.17, 15) is 14.9 Å². The summed E-state index contributed by atoms with van der Waals surface area (Å²) in [7, 11) is 1.64. The molecular formula is C13H18ClN3O3. The van der Waals surface area contributed by atoms with Crippen LogP contribution in [0.1, 0.15) is 25.3 Å². The second-order valence-electron chi connectivity index (χ2n) is 4.80. The molecule has 0 radical (unpaired) electrons. The Morgan fingerprint density at radius 3 is 2.75 bits per heavy atom. The van der Waals surface area contributed by atoms with Gasteiger partial charge in [0.05, 0.1) is 4.92 Å². The third kappa shape index (κ3) is 4.79. The van der Waals surface area contributed by atoms with Crippen molar-refractivity contribution < 1.29 is 9.72 Å². The van der Waals surface area contributed by atoms with E-state index < -0.39 is 4.92 Å². The maximum atomic E-state index is 11.9. The monoisotopic (exact) mass is 299 g/mol. The number of non-ortho nitro benzene ring substituents is 1. The molecule has 0 bridgehead atoms. The molecule has 110 valence electrons. The first-order valence-corrected chi connectivity index (χ1v) is 6.61. The van der Waals surface area contributed by atoms with Crippen molar-refractivity contribution in [2.75, 3.05) is 7.05 Å². The lowest BCUT2D eigenvalue weighted by Gasteiger charge is -2.18.